The van der Waals surface area contributed by atoms with E-state index in [4.69, 9.17) is 0 Å². The van der Waals surface area contributed by atoms with E-state index >= 15 is 0 Å². The molecule has 4 saturated carbocycles. The molecule has 0 radical (unpaired) electrons. The van der Waals surface area contributed by atoms with Crippen LogP contribution >= 0.6 is 11.8 Å². The molecule has 0 spiro atoms. The molecule has 6 heteroatoms. The topological polar surface area (TPSA) is 59.8 Å². The summed E-state index contributed by atoms with van der Waals surface area (Å²) in [6.07, 6.45) is 9.82. The molecule has 6 rings (SSSR count). The number of amides is 1. The van der Waals surface area contributed by atoms with Gasteiger partial charge < -0.3 is 9.88 Å². The molecule has 1 N–H and O–H groups in total. The fourth-order valence-corrected chi connectivity index (χ4v) is 7.78. The summed E-state index contributed by atoms with van der Waals surface area (Å²) in [5.41, 5.74) is 2.81. The van der Waals surface area contributed by atoms with E-state index in [0.29, 0.717) is 11.2 Å². The molecule has 1 aromatic carbocycles. The fourth-order valence-electron chi connectivity index (χ4n) is 6.95. The lowest BCUT2D eigenvalue weighted by Crippen LogP contribution is -2.47. The molecule has 1 amide bonds. The molecular formula is C25H34N4OS. The molecule has 0 unspecified atom stereocenters. The third kappa shape index (κ3) is 4.28. The van der Waals surface area contributed by atoms with Crippen LogP contribution in [0.2, 0.25) is 0 Å². The van der Waals surface area contributed by atoms with Gasteiger partial charge in [-0.05, 0) is 87.5 Å². The summed E-state index contributed by atoms with van der Waals surface area (Å²) in [4.78, 5) is 12.5. The van der Waals surface area contributed by atoms with Crippen molar-refractivity contribution < 1.29 is 4.79 Å². The molecule has 0 atom stereocenters. The average molecular weight is 439 g/mol. The predicted molar refractivity (Wildman–Crippen MR) is 125 cm³/mol. The number of carbonyl (C=O) groups excluding carboxylic acids is 1. The van der Waals surface area contributed by atoms with Gasteiger partial charge in [-0.1, -0.05) is 36.0 Å². The van der Waals surface area contributed by atoms with Crippen LogP contribution in [-0.2, 0) is 11.3 Å². The Hall–Kier alpha value is -1.82. The van der Waals surface area contributed by atoms with Crippen LogP contribution in [0.1, 0.15) is 57.4 Å². The van der Waals surface area contributed by atoms with Crippen molar-refractivity contribution in [3.05, 3.63) is 29.8 Å². The SMILES string of the molecule is CCn1c(SCC(=O)NCCC23CC4CC(CC(C4)C2)C3)nnc1-c1ccccc1C. The molecule has 1 heterocycles. The average Bonchev–Trinajstić information content (AvgIpc) is 3.14. The monoisotopic (exact) mass is 438 g/mol. The van der Waals surface area contributed by atoms with Crippen molar-refractivity contribution in [1.82, 2.24) is 20.1 Å². The number of aromatic nitrogens is 3. The van der Waals surface area contributed by atoms with Crippen LogP contribution < -0.4 is 5.32 Å². The van der Waals surface area contributed by atoms with Crippen LogP contribution in [0, 0.1) is 30.1 Å². The Morgan fingerprint density at radius 2 is 1.81 bits per heavy atom. The zero-order valence-electron chi connectivity index (χ0n) is 18.8. The summed E-state index contributed by atoms with van der Waals surface area (Å²) in [5, 5.41) is 12.8. The van der Waals surface area contributed by atoms with Crippen molar-refractivity contribution in [2.45, 2.75) is 70.5 Å². The van der Waals surface area contributed by atoms with Gasteiger partial charge in [-0.15, -0.1) is 10.2 Å². The zero-order chi connectivity index (χ0) is 21.4. The summed E-state index contributed by atoms with van der Waals surface area (Å²) < 4.78 is 2.11. The number of nitrogens with zero attached hydrogens (tertiary/aromatic N) is 3. The van der Waals surface area contributed by atoms with Gasteiger partial charge in [0.25, 0.3) is 0 Å². The largest absolute Gasteiger partial charge is 0.355 e. The van der Waals surface area contributed by atoms with Gasteiger partial charge in [0.15, 0.2) is 11.0 Å². The summed E-state index contributed by atoms with van der Waals surface area (Å²) in [7, 11) is 0. The third-order valence-corrected chi connectivity index (χ3v) is 8.86. The Balaban J connectivity index is 1.14. The number of hydrogen-bond acceptors (Lipinski definition) is 4. The molecule has 4 fully saturated rings. The molecule has 166 valence electrons. The second-order valence-corrected chi connectivity index (χ2v) is 11.1. The molecule has 0 saturated heterocycles. The van der Waals surface area contributed by atoms with Crippen LogP contribution in [0.4, 0.5) is 0 Å². The summed E-state index contributed by atoms with van der Waals surface area (Å²) in [5.74, 6) is 4.30. The summed E-state index contributed by atoms with van der Waals surface area (Å²) in [6, 6.07) is 8.24. The van der Waals surface area contributed by atoms with E-state index < -0.39 is 0 Å². The Morgan fingerprint density at radius 3 is 2.45 bits per heavy atom. The molecule has 0 aliphatic heterocycles. The maximum atomic E-state index is 12.5. The molecular weight excluding hydrogens is 404 g/mol. The number of benzene rings is 1. The van der Waals surface area contributed by atoms with E-state index in [1.165, 1.54) is 55.9 Å². The van der Waals surface area contributed by atoms with Gasteiger partial charge in [0.05, 0.1) is 5.75 Å². The lowest BCUT2D eigenvalue weighted by Gasteiger charge is -2.57. The number of carbonyl (C=O) groups is 1. The van der Waals surface area contributed by atoms with Crippen molar-refractivity contribution in [3.8, 4) is 11.4 Å². The molecule has 5 nitrogen and oxygen atoms in total. The van der Waals surface area contributed by atoms with E-state index in [1.54, 1.807) is 0 Å². The van der Waals surface area contributed by atoms with E-state index in [0.717, 1.165) is 53.8 Å². The van der Waals surface area contributed by atoms with Gasteiger partial charge in [0.1, 0.15) is 0 Å². The normalized spacial score (nSPS) is 28.8. The second-order valence-electron chi connectivity index (χ2n) is 10.2. The number of thioether (sulfide) groups is 1. The lowest BCUT2D eigenvalue weighted by atomic mass is 9.49. The molecule has 2 aromatic rings. The first-order valence-electron chi connectivity index (χ1n) is 11.9. The smallest absolute Gasteiger partial charge is 0.230 e. The van der Waals surface area contributed by atoms with E-state index in [1.807, 2.05) is 12.1 Å². The van der Waals surface area contributed by atoms with E-state index in [-0.39, 0.29) is 5.91 Å². The molecule has 4 aliphatic carbocycles. The number of nitrogens with one attached hydrogen (secondary N) is 1. The quantitative estimate of drug-likeness (QED) is 0.583. The number of rotatable bonds is 8. The van der Waals surface area contributed by atoms with Gasteiger partial charge in [0, 0.05) is 18.7 Å². The first kappa shape index (κ1) is 21.0. The molecule has 4 aliphatic rings. The van der Waals surface area contributed by atoms with Crippen molar-refractivity contribution in [2.75, 3.05) is 12.3 Å². The van der Waals surface area contributed by atoms with Crippen molar-refractivity contribution in [2.24, 2.45) is 23.2 Å². The van der Waals surface area contributed by atoms with Gasteiger partial charge in [0.2, 0.25) is 5.91 Å². The minimum absolute atomic E-state index is 0.109. The fraction of sp³-hybridized carbons (Fsp3) is 0.640. The number of hydrogen-bond donors (Lipinski definition) is 1. The minimum atomic E-state index is 0.109. The van der Waals surface area contributed by atoms with Crippen LogP contribution in [-0.4, -0.2) is 33.0 Å². The standard InChI is InChI=1S/C25H34N4OS/c1-3-29-23(21-7-5-4-6-17(21)2)27-28-24(29)31-16-22(30)26-9-8-25-13-18-10-19(14-25)12-20(11-18)15-25/h4-7,18-20H,3,8-16H2,1-2H3,(H,26,30). The maximum absolute atomic E-state index is 12.5. The first-order chi connectivity index (χ1) is 15.0. The summed E-state index contributed by atoms with van der Waals surface area (Å²) in [6.45, 7) is 5.79. The highest BCUT2D eigenvalue weighted by molar-refractivity contribution is 7.99. The van der Waals surface area contributed by atoms with Crippen molar-refractivity contribution in [1.29, 1.82) is 0 Å². The predicted octanol–water partition coefficient (Wildman–Crippen LogP) is 5.09. The molecule has 1 aromatic heterocycles. The van der Waals surface area contributed by atoms with Crippen LogP contribution in [0.3, 0.4) is 0 Å². The van der Waals surface area contributed by atoms with Crippen LogP contribution in [0.25, 0.3) is 11.4 Å². The molecule has 31 heavy (non-hydrogen) atoms. The first-order valence-corrected chi connectivity index (χ1v) is 12.9. The van der Waals surface area contributed by atoms with Crippen LogP contribution in [0.5, 0.6) is 0 Å². The third-order valence-electron chi connectivity index (χ3n) is 7.89. The van der Waals surface area contributed by atoms with Crippen molar-refractivity contribution in [3.63, 3.8) is 0 Å². The van der Waals surface area contributed by atoms with Gasteiger partial charge in [-0.2, -0.15) is 0 Å². The Morgan fingerprint density at radius 1 is 1.13 bits per heavy atom. The van der Waals surface area contributed by atoms with Gasteiger partial charge >= 0.3 is 0 Å². The highest BCUT2D eigenvalue weighted by Crippen LogP contribution is 2.61. The Labute approximate surface area is 189 Å². The van der Waals surface area contributed by atoms with E-state index in [2.05, 4.69) is 46.1 Å². The Bertz CT molecular complexity index is 917. The summed E-state index contributed by atoms with van der Waals surface area (Å²) >= 11 is 1.49. The lowest BCUT2D eigenvalue weighted by molar-refractivity contribution is -0.119. The molecule has 4 bridgehead atoms. The highest BCUT2D eigenvalue weighted by atomic mass is 32.2. The maximum Gasteiger partial charge on any atom is 0.230 e. The van der Waals surface area contributed by atoms with Crippen molar-refractivity contribution >= 4 is 17.7 Å². The van der Waals surface area contributed by atoms with Gasteiger partial charge in [-0.25, -0.2) is 0 Å². The van der Waals surface area contributed by atoms with Crippen LogP contribution in [0.15, 0.2) is 29.4 Å². The zero-order valence-corrected chi connectivity index (χ0v) is 19.6. The second kappa shape index (κ2) is 8.61. The Kier molecular flexibility index (Phi) is 5.84. The van der Waals surface area contributed by atoms with E-state index in [9.17, 15) is 4.79 Å². The van der Waals surface area contributed by atoms with Gasteiger partial charge in [-0.3, -0.25) is 4.79 Å². The highest BCUT2D eigenvalue weighted by Gasteiger charge is 2.50. The number of aryl methyl sites for hydroxylation is 1. The minimum Gasteiger partial charge on any atom is -0.355 e.